The minimum absolute atomic E-state index is 0.00203. The van der Waals surface area contributed by atoms with Crippen LogP contribution in [0, 0.1) is 5.82 Å². The molecule has 0 radical (unpaired) electrons. The molecule has 1 unspecified atom stereocenters. The Labute approximate surface area is 127 Å². The molecule has 1 atom stereocenters. The van der Waals surface area contributed by atoms with Gasteiger partial charge in [0.05, 0.1) is 12.9 Å². The zero-order valence-corrected chi connectivity index (χ0v) is 12.0. The fourth-order valence-corrected chi connectivity index (χ4v) is 1.96. The molecule has 1 aromatic heterocycles. The van der Waals surface area contributed by atoms with Gasteiger partial charge in [0.2, 0.25) is 0 Å². The lowest BCUT2D eigenvalue weighted by Gasteiger charge is -2.17. The number of hydrogen-bond acceptors (Lipinski definition) is 4. The van der Waals surface area contributed by atoms with Crippen LogP contribution in [0.4, 0.5) is 4.39 Å². The minimum Gasteiger partial charge on any atom is -0.464 e. The number of ether oxygens (including phenoxy) is 1. The summed E-state index contributed by atoms with van der Waals surface area (Å²) < 4.78 is 23.6. The molecule has 0 aliphatic carbocycles. The minimum atomic E-state index is -0.991. The normalized spacial score (nSPS) is 11.7. The van der Waals surface area contributed by atoms with E-state index in [2.05, 4.69) is 5.32 Å². The van der Waals surface area contributed by atoms with Crippen molar-refractivity contribution in [2.45, 2.75) is 19.4 Å². The van der Waals surface area contributed by atoms with Crippen LogP contribution in [0.2, 0.25) is 0 Å². The number of esters is 1. The van der Waals surface area contributed by atoms with Crippen molar-refractivity contribution in [1.82, 2.24) is 5.32 Å². The number of hydrogen-bond donors (Lipinski definition) is 1. The summed E-state index contributed by atoms with van der Waals surface area (Å²) in [4.78, 5) is 24.0. The fraction of sp³-hybridized carbons (Fsp3) is 0.250. The van der Waals surface area contributed by atoms with Crippen LogP contribution in [-0.2, 0) is 16.0 Å². The van der Waals surface area contributed by atoms with E-state index in [0.29, 0.717) is 5.56 Å². The Balaban J connectivity index is 2.14. The van der Waals surface area contributed by atoms with Crippen LogP contribution in [0.3, 0.4) is 0 Å². The molecule has 0 bridgehead atoms. The molecule has 0 saturated carbocycles. The van der Waals surface area contributed by atoms with E-state index in [0.717, 1.165) is 0 Å². The van der Waals surface area contributed by atoms with Crippen molar-refractivity contribution < 1.29 is 23.1 Å². The Morgan fingerprint density at radius 3 is 2.68 bits per heavy atom. The summed E-state index contributed by atoms with van der Waals surface area (Å²) >= 11 is 0. The van der Waals surface area contributed by atoms with E-state index in [-0.39, 0.29) is 18.8 Å². The monoisotopic (exact) mass is 305 g/mol. The lowest BCUT2D eigenvalue weighted by atomic mass is 10.1. The van der Waals surface area contributed by atoms with Crippen LogP contribution >= 0.6 is 0 Å². The highest BCUT2D eigenvalue weighted by molar-refractivity contribution is 5.94. The van der Waals surface area contributed by atoms with Gasteiger partial charge in [0.25, 0.3) is 5.91 Å². The third-order valence-electron chi connectivity index (χ3n) is 3.00. The number of carbonyl (C=O) groups is 2. The van der Waals surface area contributed by atoms with Gasteiger partial charge in [-0.15, -0.1) is 0 Å². The molecule has 1 N–H and O–H groups in total. The van der Waals surface area contributed by atoms with Crippen LogP contribution in [0.25, 0.3) is 0 Å². The molecule has 1 amide bonds. The van der Waals surface area contributed by atoms with Gasteiger partial charge in [-0.2, -0.15) is 0 Å². The molecule has 0 saturated heterocycles. The number of amides is 1. The van der Waals surface area contributed by atoms with Crippen LogP contribution in [0.15, 0.2) is 47.1 Å². The van der Waals surface area contributed by atoms with E-state index in [9.17, 15) is 14.0 Å². The van der Waals surface area contributed by atoms with Crippen molar-refractivity contribution in [2.24, 2.45) is 0 Å². The van der Waals surface area contributed by atoms with Crippen molar-refractivity contribution in [2.75, 3.05) is 6.61 Å². The summed E-state index contributed by atoms with van der Waals surface area (Å²) in [6, 6.07) is 8.11. The predicted octanol–water partition coefficient (Wildman–Crippen LogP) is 2.32. The summed E-state index contributed by atoms with van der Waals surface area (Å²) in [7, 11) is 0. The average molecular weight is 305 g/mol. The van der Waals surface area contributed by atoms with E-state index < -0.39 is 23.7 Å². The molecule has 0 fully saturated rings. The van der Waals surface area contributed by atoms with Crippen molar-refractivity contribution in [3.05, 3.63) is 59.8 Å². The van der Waals surface area contributed by atoms with E-state index in [1.165, 1.54) is 18.4 Å². The van der Waals surface area contributed by atoms with Gasteiger partial charge in [-0.25, -0.2) is 9.18 Å². The third-order valence-corrected chi connectivity index (χ3v) is 3.00. The zero-order valence-electron chi connectivity index (χ0n) is 12.0. The van der Waals surface area contributed by atoms with Crippen molar-refractivity contribution in [3.8, 4) is 0 Å². The van der Waals surface area contributed by atoms with E-state index in [1.54, 1.807) is 31.2 Å². The lowest BCUT2D eigenvalue weighted by Crippen LogP contribution is -2.43. The molecular weight excluding hydrogens is 289 g/mol. The maximum Gasteiger partial charge on any atom is 0.328 e. The second-order valence-corrected chi connectivity index (χ2v) is 4.55. The largest absolute Gasteiger partial charge is 0.464 e. The third kappa shape index (κ3) is 3.94. The van der Waals surface area contributed by atoms with Gasteiger partial charge in [0, 0.05) is 6.42 Å². The first-order chi connectivity index (χ1) is 10.6. The maximum atomic E-state index is 13.7. The molecule has 5 nitrogen and oxygen atoms in total. The Kier molecular flexibility index (Phi) is 5.30. The van der Waals surface area contributed by atoms with E-state index >= 15 is 0 Å². The maximum absolute atomic E-state index is 13.7. The number of benzene rings is 1. The standard InChI is InChI=1S/C16H16FNO4/c1-2-21-16(20)13(10-11-6-3-4-7-12(11)17)18-15(19)14-8-5-9-22-14/h3-9,13H,2,10H2,1H3,(H,18,19). The van der Waals surface area contributed by atoms with E-state index in [4.69, 9.17) is 9.15 Å². The molecule has 6 heteroatoms. The van der Waals surface area contributed by atoms with E-state index in [1.807, 2.05) is 0 Å². The Bertz CT molecular complexity index is 639. The van der Waals surface area contributed by atoms with Crippen LogP contribution in [-0.4, -0.2) is 24.5 Å². The topological polar surface area (TPSA) is 68.5 Å². The van der Waals surface area contributed by atoms with Gasteiger partial charge in [-0.1, -0.05) is 18.2 Å². The number of carbonyl (C=O) groups excluding carboxylic acids is 2. The van der Waals surface area contributed by atoms with Gasteiger partial charge in [-0.3, -0.25) is 4.79 Å². The molecule has 0 aliphatic heterocycles. The molecule has 116 valence electrons. The van der Waals surface area contributed by atoms with Gasteiger partial charge in [-0.05, 0) is 30.7 Å². The Morgan fingerprint density at radius 2 is 2.05 bits per heavy atom. The highest BCUT2D eigenvalue weighted by Crippen LogP contribution is 2.11. The molecule has 1 aromatic carbocycles. The predicted molar refractivity (Wildman–Crippen MR) is 76.7 cm³/mol. The Morgan fingerprint density at radius 1 is 1.27 bits per heavy atom. The average Bonchev–Trinajstić information content (AvgIpc) is 3.03. The van der Waals surface area contributed by atoms with Gasteiger partial charge >= 0.3 is 5.97 Å². The first-order valence-corrected chi connectivity index (χ1v) is 6.86. The van der Waals surface area contributed by atoms with Crippen LogP contribution in [0.5, 0.6) is 0 Å². The summed E-state index contributed by atoms with van der Waals surface area (Å²) in [5.74, 6) is -1.54. The quantitative estimate of drug-likeness (QED) is 0.832. The molecule has 1 heterocycles. The second-order valence-electron chi connectivity index (χ2n) is 4.55. The van der Waals surface area contributed by atoms with Crippen molar-refractivity contribution >= 4 is 11.9 Å². The first-order valence-electron chi connectivity index (χ1n) is 6.86. The second kappa shape index (κ2) is 7.40. The summed E-state index contributed by atoms with van der Waals surface area (Å²) in [5.41, 5.74) is 0.320. The highest BCUT2D eigenvalue weighted by Gasteiger charge is 2.25. The van der Waals surface area contributed by atoms with Crippen LogP contribution < -0.4 is 5.32 Å². The molecule has 0 spiro atoms. The van der Waals surface area contributed by atoms with Gasteiger partial charge in [0.15, 0.2) is 5.76 Å². The summed E-state index contributed by atoms with van der Waals surface area (Å²) in [6.45, 7) is 1.83. The molecule has 22 heavy (non-hydrogen) atoms. The molecule has 0 aliphatic rings. The number of furan rings is 1. The molecule has 2 rings (SSSR count). The van der Waals surface area contributed by atoms with Crippen LogP contribution in [0.1, 0.15) is 23.0 Å². The molecular formula is C16H16FNO4. The first kappa shape index (κ1) is 15.8. The number of halogens is 1. The highest BCUT2D eigenvalue weighted by atomic mass is 19.1. The number of nitrogens with one attached hydrogen (secondary N) is 1. The summed E-state index contributed by atoms with van der Waals surface area (Å²) in [5, 5.41) is 2.51. The smallest absolute Gasteiger partial charge is 0.328 e. The number of rotatable bonds is 6. The van der Waals surface area contributed by atoms with Crippen molar-refractivity contribution in [1.29, 1.82) is 0 Å². The lowest BCUT2D eigenvalue weighted by molar-refractivity contribution is -0.145. The fourth-order valence-electron chi connectivity index (χ4n) is 1.96. The van der Waals surface area contributed by atoms with Gasteiger partial charge in [0.1, 0.15) is 11.9 Å². The molecule has 2 aromatic rings. The van der Waals surface area contributed by atoms with Crippen molar-refractivity contribution in [3.63, 3.8) is 0 Å². The Hall–Kier alpha value is -2.63. The summed E-state index contributed by atoms with van der Waals surface area (Å²) in [6.07, 6.45) is 1.35. The van der Waals surface area contributed by atoms with Gasteiger partial charge < -0.3 is 14.5 Å². The zero-order chi connectivity index (χ0) is 15.9. The SMILES string of the molecule is CCOC(=O)C(Cc1ccccc1F)NC(=O)c1ccco1.